The Bertz CT molecular complexity index is 652. The van der Waals surface area contributed by atoms with Gasteiger partial charge in [-0.05, 0) is 30.5 Å². The third-order valence-corrected chi connectivity index (χ3v) is 4.45. The van der Waals surface area contributed by atoms with Crippen molar-refractivity contribution in [3.05, 3.63) is 22.7 Å². The molecule has 1 saturated heterocycles. The molecule has 130 valence electrons. The molecule has 2 heterocycles. The Labute approximate surface area is 144 Å². The molecule has 0 saturated carbocycles. The maximum atomic E-state index is 12.1. The van der Waals surface area contributed by atoms with Crippen LogP contribution in [0.3, 0.4) is 0 Å². The molecule has 1 aromatic rings. The van der Waals surface area contributed by atoms with E-state index in [4.69, 9.17) is 26.2 Å². The molecule has 0 spiro atoms. The van der Waals surface area contributed by atoms with Crippen molar-refractivity contribution in [1.29, 1.82) is 0 Å². The van der Waals surface area contributed by atoms with Crippen LogP contribution in [0.4, 0.5) is 4.79 Å². The summed E-state index contributed by atoms with van der Waals surface area (Å²) >= 11 is 6.18. The first-order valence-electron chi connectivity index (χ1n) is 7.88. The van der Waals surface area contributed by atoms with E-state index in [1.54, 1.807) is 6.07 Å². The van der Waals surface area contributed by atoms with E-state index >= 15 is 0 Å². The van der Waals surface area contributed by atoms with Gasteiger partial charge in [0.1, 0.15) is 13.2 Å². The van der Waals surface area contributed by atoms with E-state index in [9.17, 15) is 9.59 Å². The van der Waals surface area contributed by atoms with Crippen LogP contribution < -0.4 is 14.8 Å². The number of hydrogen-bond acceptors (Lipinski definition) is 4. The second-order valence-electron chi connectivity index (χ2n) is 5.85. The second-order valence-corrected chi connectivity index (χ2v) is 6.26. The fourth-order valence-corrected chi connectivity index (χ4v) is 3.17. The van der Waals surface area contributed by atoms with Gasteiger partial charge in [-0.2, -0.15) is 0 Å². The van der Waals surface area contributed by atoms with Crippen molar-refractivity contribution in [1.82, 2.24) is 10.2 Å². The largest absolute Gasteiger partial charge is 0.486 e. The number of nitrogens with one attached hydrogen (secondary N) is 1. The molecule has 2 amide bonds. The minimum Gasteiger partial charge on any atom is -0.486 e. The Morgan fingerprint density at radius 3 is 2.88 bits per heavy atom. The van der Waals surface area contributed by atoms with Crippen molar-refractivity contribution in [2.45, 2.75) is 12.8 Å². The number of ether oxygens (including phenoxy) is 2. The lowest BCUT2D eigenvalue weighted by Gasteiger charge is -2.20. The van der Waals surface area contributed by atoms with Crippen LogP contribution in [-0.2, 0) is 11.2 Å². The number of carbonyl (C=O) groups is 2. The highest BCUT2D eigenvalue weighted by atomic mass is 35.5. The number of carboxylic acids is 1. The summed E-state index contributed by atoms with van der Waals surface area (Å²) in [6.07, 6.45) is 1.10. The molecule has 0 radical (unpaired) electrons. The van der Waals surface area contributed by atoms with Crippen LogP contribution in [0.15, 0.2) is 12.1 Å². The van der Waals surface area contributed by atoms with Crippen LogP contribution in [0.1, 0.15) is 12.0 Å². The molecule has 7 nitrogen and oxygen atoms in total. The molecule has 3 rings (SSSR count). The minimum atomic E-state index is -0.851. The molecule has 0 bridgehead atoms. The van der Waals surface area contributed by atoms with Crippen LogP contribution in [-0.4, -0.2) is 54.9 Å². The number of carbonyl (C=O) groups excluding carboxylic acids is 1. The van der Waals surface area contributed by atoms with Crippen LogP contribution in [0.2, 0.25) is 5.02 Å². The first kappa shape index (κ1) is 16.7. The average molecular weight is 355 g/mol. The van der Waals surface area contributed by atoms with Gasteiger partial charge in [-0.3, -0.25) is 4.79 Å². The number of fused-ring (bicyclic) bond motifs is 1. The molecule has 2 N–H and O–H groups in total. The summed E-state index contributed by atoms with van der Waals surface area (Å²) in [7, 11) is 0. The standard InChI is InChI=1S/C16H19ClN2O5/c17-12-7-10(8-13-14(12)24-6-5-23-13)1-3-18-16(22)19-4-2-11(9-19)15(20)21/h7-8,11H,1-6,9H2,(H,18,22)(H,20,21). The summed E-state index contributed by atoms with van der Waals surface area (Å²) in [5.41, 5.74) is 0.939. The third kappa shape index (κ3) is 3.67. The van der Waals surface area contributed by atoms with Gasteiger partial charge in [0.15, 0.2) is 11.5 Å². The molecule has 1 unspecified atom stereocenters. The Balaban J connectivity index is 1.51. The number of likely N-dealkylation sites (tertiary alicyclic amines) is 1. The van der Waals surface area contributed by atoms with Crippen molar-refractivity contribution in [3.63, 3.8) is 0 Å². The van der Waals surface area contributed by atoms with E-state index in [-0.39, 0.29) is 12.6 Å². The van der Waals surface area contributed by atoms with Gasteiger partial charge in [0.2, 0.25) is 0 Å². The summed E-state index contributed by atoms with van der Waals surface area (Å²) in [5.74, 6) is -0.130. The predicted molar refractivity (Wildman–Crippen MR) is 86.9 cm³/mol. The molecule has 1 fully saturated rings. The maximum Gasteiger partial charge on any atom is 0.317 e. The van der Waals surface area contributed by atoms with Gasteiger partial charge in [-0.1, -0.05) is 11.6 Å². The SMILES string of the molecule is O=C(O)C1CCN(C(=O)NCCc2cc(Cl)c3c(c2)OCCO3)C1. The predicted octanol–water partition coefficient (Wildman–Crippen LogP) is 1.77. The number of rotatable bonds is 4. The minimum absolute atomic E-state index is 0.234. The molecule has 1 atom stereocenters. The maximum absolute atomic E-state index is 12.1. The van der Waals surface area contributed by atoms with E-state index in [0.717, 1.165) is 5.56 Å². The average Bonchev–Trinajstić information content (AvgIpc) is 3.05. The van der Waals surface area contributed by atoms with Gasteiger partial charge in [-0.15, -0.1) is 0 Å². The molecular weight excluding hydrogens is 336 g/mol. The number of urea groups is 1. The molecular formula is C16H19ClN2O5. The summed E-state index contributed by atoms with van der Waals surface area (Å²) in [5, 5.41) is 12.3. The van der Waals surface area contributed by atoms with Crippen molar-refractivity contribution < 1.29 is 24.2 Å². The lowest BCUT2D eigenvalue weighted by Crippen LogP contribution is -2.39. The fourth-order valence-electron chi connectivity index (χ4n) is 2.88. The van der Waals surface area contributed by atoms with Gasteiger partial charge in [0.05, 0.1) is 10.9 Å². The topological polar surface area (TPSA) is 88.1 Å². The van der Waals surface area contributed by atoms with Gasteiger partial charge in [0.25, 0.3) is 0 Å². The zero-order chi connectivity index (χ0) is 17.1. The van der Waals surface area contributed by atoms with Crippen LogP contribution in [0.25, 0.3) is 0 Å². The van der Waals surface area contributed by atoms with Gasteiger partial charge in [-0.25, -0.2) is 4.79 Å². The van der Waals surface area contributed by atoms with E-state index in [1.165, 1.54) is 4.90 Å². The van der Waals surface area contributed by atoms with Crippen LogP contribution >= 0.6 is 11.6 Å². The van der Waals surface area contributed by atoms with Crippen molar-refractivity contribution >= 4 is 23.6 Å². The molecule has 2 aliphatic heterocycles. The Kier molecular flexibility index (Phi) is 4.99. The number of benzene rings is 1. The van der Waals surface area contributed by atoms with Crippen LogP contribution in [0.5, 0.6) is 11.5 Å². The van der Waals surface area contributed by atoms with Gasteiger partial charge in [0, 0.05) is 19.6 Å². The van der Waals surface area contributed by atoms with E-state index in [1.807, 2.05) is 6.07 Å². The molecule has 2 aliphatic rings. The lowest BCUT2D eigenvalue weighted by atomic mass is 10.1. The molecule has 8 heteroatoms. The fraction of sp³-hybridized carbons (Fsp3) is 0.500. The number of hydrogen-bond donors (Lipinski definition) is 2. The Morgan fingerprint density at radius 2 is 2.12 bits per heavy atom. The van der Waals surface area contributed by atoms with Crippen molar-refractivity contribution in [3.8, 4) is 11.5 Å². The van der Waals surface area contributed by atoms with Gasteiger partial charge >= 0.3 is 12.0 Å². The number of carboxylic acid groups (broad SMARTS) is 1. The highest BCUT2D eigenvalue weighted by molar-refractivity contribution is 6.32. The second kappa shape index (κ2) is 7.17. The lowest BCUT2D eigenvalue weighted by molar-refractivity contribution is -0.141. The molecule has 24 heavy (non-hydrogen) atoms. The Hall–Kier alpha value is -2.15. The highest BCUT2D eigenvalue weighted by Gasteiger charge is 2.30. The third-order valence-electron chi connectivity index (χ3n) is 4.17. The summed E-state index contributed by atoms with van der Waals surface area (Å²) < 4.78 is 11.0. The number of aliphatic carboxylic acids is 1. The van der Waals surface area contributed by atoms with Crippen molar-refractivity contribution in [2.75, 3.05) is 32.8 Å². The monoisotopic (exact) mass is 354 g/mol. The summed E-state index contributed by atoms with van der Waals surface area (Å²) in [4.78, 5) is 24.5. The first-order chi connectivity index (χ1) is 11.5. The van der Waals surface area contributed by atoms with E-state index < -0.39 is 11.9 Å². The van der Waals surface area contributed by atoms with Crippen molar-refractivity contribution in [2.24, 2.45) is 5.92 Å². The highest BCUT2D eigenvalue weighted by Crippen LogP contribution is 2.38. The quantitative estimate of drug-likeness (QED) is 0.860. The van der Waals surface area contributed by atoms with Crippen LogP contribution in [0, 0.1) is 5.92 Å². The van der Waals surface area contributed by atoms with E-state index in [2.05, 4.69) is 5.32 Å². The van der Waals surface area contributed by atoms with E-state index in [0.29, 0.717) is 55.7 Å². The number of amides is 2. The molecule has 0 aromatic heterocycles. The summed E-state index contributed by atoms with van der Waals surface area (Å²) in [6.45, 7) is 2.14. The first-order valence-corrected chi connectivity index (χ1v) is 8.26. The smallest absolute Gasteiger partial charge is 0.317 e. The normalized spacial score (nSPS) is 19.2. The summed E-state index contributed by atoms with van der Waals surface area (Å²) in [6, 6.07) is 3.43. The van der Waals surface area contributed by atoms with Gasteiger partial charge < -0.3 is 24.8 Å². The Morgan fingerprint density at radius 1 is 1.33 bits per heavy atom. The zero-order valence-electron chi connectivity index (χ0n) is 13.1. The zero-order valence-corrected chi connectivity index (χ0v) is 13.8. The number of nitrogens with zero attached hydrogens (tertiary/aromatic N) is 1. The number of halogens is 1. The molecule has 0 aliphatic carbocycles. The molecule has 1 aromatic carbocycles.